The molecule has 1 fully saturated rings. The largest absolute Gasteiger partial charge is 0.393 e. The van der Waals surface area contributed by atoms with Gasteiger partial charge in [0.1, 0.15) is 5.82 Å². The van der Waals surface area contributed by atoms with E-state index >= 15 is 0 Å². The third-order valence-electron chi connectivity index (χ3n) is 3.13. The van der Waals surface area contributed by atoms with Crippen molar-refractivity contribution < 1.29 is 9.50 Å². The highest BCUT2D eigenvalue weighted by atomic mass is 79.9. The molecule has 0 aliphatic heterocycles. The summed E-state index contributed by atoms with van der Waals surface area (Å²) in [4.78, 5) is 0. The van der Waals surface area contributed by atoms with Crippen molar-refractivity contribution in [1.29, 1.82) is 0 Å². The molecule has 88 valence electrons. The molecule has 0 radical (unpaired) electrons. The van der Waals surface area contributed by atoms with Crippen molar-refractivity contribution in [1.82, 2.24) is 0 Å². The maximum Gasteiger partial charge on any atom is 0.127 e. The van der Waals surface area contributed by atoms with E-state index in [2.05, 4.69) is 15.9 Å². The number of benzene rings is 1. The van der Waals surface area contributed by atoms with Crippen LogP contribution in [0, 0.1) is 11.7 Å². The first-order chi connectivity index (χ1) is 7.66. The first-order valence-corrected chi connectivity index (χ1v) is 6.58. The molecule has 0 spiro atoms. The standard InChI is InChI=1S/C13H16BrFO/c14-11-7-6-9(12(15)8-11)2-1-3-13(16)10-4-5-10/h6-8,10,13,16H,1-5H2. The van der Waals surface area contributed by atoms with Gasteiger partial charge < -0.3 is 5.11 Å². The lowest BCUT2D eigenvalue weighted by Crippen LogP contribution is -2.09. The van der Waals surface area contributed by atoms with E-state index in [1.807, 2.05) is 12.1 Å². The van der Waals surface area contributed by atoms with Gasteiger partial charge in [0, 0.05) is 4.47 Å². The highest BCUT2D eigenvalue weighted by molar-refractivity contribution is 9.10. The van der Waals surface area contributed by atoms with Crippen molar-refractivity contribution in [2.75, 3.05) is 0 Å². The van der Waals surface area contributed by atoms with Gasteiger partial charge in [-0.1, -0.05) is 22.0 Å². The zero-order valence-electron chi connectivity index (χ0n) is 9.13. The Kier molecular flexibility index (Phi) is 3.98. The lowest BCUT2D eigenvalue weighted by atomic mass is 10.0. The van der Waals surface area contributed by atoms with Gasteiger partial charge in [-0.15, -0.1) is 0 Å². The van der Waals surface area contributed by atoms with Crippen LogP contribution in [-0.2, 0) is 6.42 Å². The van der Waals surface area contributed by atoms with Crippen molar-refractivity contribution >= 4 is 15.9 Å². The third-order valence-corrected chi connectivity index (χ3v) is 3.62. The fourth-order valence-electron chi connectivity index (χ4n) is 1.94. The van der Waals surface area contributed by atoms with E-state index in [1.54, 1.807) is 0 Å². The Hall–Kier alpha value is -0.410. The molecular weight excluding hydrogens is 271 g/mol. The number of aryl methyl sites for hydroxylation is 1. The van der Waals surface area contributed by atoms with Gasteiger partial charge in [-0.05, 0) is 55.7 Å². The topological polar surface area (TPSA) is 20.2 Å². The first kappa shape index (κ1) is 12.1. The van der Waals surface area contributed by atoms with Gasteiger partial charge in [0.2, 0.25) is 0 Å². The number of halogens is 2. The second-order valence-electron chi connectivity index (χ2n) is 4.53. The third kappa shape index (κ3) is 3.29. The number of hydrogen-bond donors (Lipinski definition) is 1. The van der Waals surface area contributed by atoms with E-state index in [0.717, 1.165) is 35.7 Å². The molecule has 0 bridgehead atoms. The molecule has 1 nitrogen and oxygen atoms in total. The maximum absolute atomic E-state index is 13.5. The summed E-state index contributed by atoms with van der Waals surface area (Å²) in [5.74, 6) is 0.366. The minimum absolute atomic E-state index is 0.157. The van der Waals surface area contributed by atoms with E-state index in [0.29, 0.717) is 12.3 Å². The van der Waals surface area contributed by atoms with Gasteiger partial charge in [0.25, 0.3) is 0 Å². The maximum atomic E-state index is 13.5. The Bertz CT molecular complexity index is 363. The molecule has 1 aromatic rings. The van der Waals surface area contributed by atoms with Gasteiger partial charge in [-0.3, -0.25) is 0 Å². The SMILES string of the molecule is OC(CCCc1ccc(Br)cc1F)C1CC1. The Morgan fingerprint density at radius 2 is 2.19 bits per heavy atom. The predicted octanol–water partition coefficient (Wildman–Crippen LogP) is 3.68. The molecule has 0 heterocycles. The highest BCUT2D eigenvalue weighted by Crippen LogP contribution is 2.34. The molecule has 0 amide bonds. The van der Waals surface area contributed by atoms with E-state index in [-0.39, 0.29) is 11.9 Å². The summed E-state index contributed by atoms with van der Waals surface area (Å²) in [5.41, 5.74) is 0.742. The van der Waals surface area contributed by atoms with Gasteiger partial charge in [-0.2, -0.15) is 0 Å². The van der Waals surface area contributed by atoms with Crippen LogP contribution in [-0.4, -0.2) is 11.2 Å². The number of rotatable bonds is 5. The normalized spacial score (nSPS) is 17.4. The van der Waals surface area contributed by atoms with Crippen LogP contribution in [0.15, 0.2) is 22.7 Å². The molecule has 1 aromatic carbocycles. The molecule has 1 unspecified atom stereocenters. The lowest BCUT2D eigenvalue weighted by Gasteiger charge is -2.09. The fraction of sp³-hybridized carbons (Fsp3) is 0.538. The summed E-state index contributed by atoms with van der Waals surface area (Å²) < 4.78 is 14.2. The van der Waals surface area contributed by atoms with Crippen LogP contribution in [0.1, 0.15) is 31.2 Å². The summed E-state index contributed by atoms with van der Waals surface area (Å²) >= 11 is 3.23. The van der Waals surface area contributed by atoms with Crippen LogP contribution in [0.5, 0.6) is 0 Å². The Morgan fingerprint density at radius 3 is 2.81 bits per heavy atom. The quantitative estimate of drug-likeness (QED) is 0.875. The molecule has 0 aromatic heterocycles. The smallest absolute Gasteiger partial charge is 0.127 e. The average Bonchev–Trinajstić information content (AvgIpc) is 3.04. The van der Waals surface area contributed by atoms with Crippen LogP contribution in [0.4, 0.5) is 4.39 Å². The zero-order chi connectivity index (χ0) is 11.5. The van der Waals surface area contributed by atoms with E-state index < -0.39 is 0 Å². The average molecular weight is 287 g/mol. The van der Waals surface area contributed by atoms with Crippen molar-refractivity contribution in [2.24, 2.45) is 5.92 Å². The van der Waals surface area contributed by atoms with E-state index in [4.69, 9.17) is 0 Å². The summed E-state index contributed by atoms with van der Waals surface area (Å²) in [6.45, 7) is 0. The highest BCUT2D eigenvalue weighted by Gasteiger charge is 2.28. The molecule has 2 rings (SSSR count). The summed E-state index contributed by atoms with van der Waals surface area (Å²) in [5, 5.41) is 9.68. The Balaban J connectivity index is 1.80. The monoisotopic (exact) mass is 286 g/mol. The molecule has 0 saturated heterocycles. The van der Waals surface area contributed by atoms with Gasteiger partial charge in [0.15, 0.2) is 0 Å². The van der Waals surface area contributed by atoms with Crippen LogP contribution in [0.25, 0.3) is 0 Å². The van der Waals surface area contributed by atoms with E-state index in [9.17, 15) is 9.50 Å². The second kappa shape index (κ2) is 5.28. The Morgan fingerprint density at radius 1 is 1.44 bits per heavy atom. The van der Waals surface area contributed by atoms with Crippen LogP contribution in [0.2, 0.25) is 0 Å². The molecule has 1 atom stereocenters. The number of aliphatic hydroxyl groups is 1. The van der Waals surface area contributed by atoms with Crippen molar-refractivity contribution in [3.8, 4) is 0 Å². The minimum Gasteiger partial charge on any atom is -0.393 e. The van der Waals surface area contributed by atoms with Crippen LogP contribution >= 0.6 is 15.9 Å². The van der Waals surface area contributed by atoms with Gasteiger partial charge in [-0.25, -0.2) is 4.39 Å². The van der Waals surface area contributed by atoms with Gasteiger partial charge >= 0.3 is 0 Å². The molecule has 16 heavy (non-hydrogen) atoms. The molecule has 1 N–H and O–H groups in total. The Labute approximate surface area is 104 Å². The van der Waals surface area contributed by atoms with Crippen molar-refractivity contribution in [3.63, 3.8) is 0 Å². The van der Waals surface area contributed by atoms with Crippen molar-refractivity contribution in [3.05, 3.63) is 34.1 Å². The van der Waals surface area contributed by atoms with E-state index in [1.165, 1.54) is 6.07 Å². The van der Waals surface area contributed by atoms with Gasteiger partial charge in [0.05, 0.1) is 6.10 Å². The van der Waals surface area contributed by atoms with Crippen molar-refractivity contribution in [2.45, 2.75) is 38.2 Å². The predicted molar refractivity (Wildman–Crippen MR) is 65.8 cm³/mol. The summed E-state index contributed by atoms with van der Waals surface area (Å²) in [6, 6.07) is 5.16. The molecule has 1 saturated carbocycles. The van der Waals surface area contributed by atoms with Crippen LogP contribution in [0.3, 0.4) is 0 Å². The summed E-state index contributed by atoms with van der Waals surface area (Å²) in [6.07, 6.45) is 4.51. The fourth-order valence-corrected chi connectivity index (χ4v) is 2.28. The lowest BCUT2D eigenvalue weighted by molar-refractivity contribution is 0.139. The number of hydrogen-bond acceptors (Lipinski definition) is 1. The van der Waals surface area contributed by atoms with Crippen LogP contribution < -0.4 is 0 Å². The zero-order valence-corrected chi connectivity index (χ0v) is 10.7. The minimum atomic E-state index is -0.168. The second-order valence-corrected chi connectivity index (χ2v) is 5.45. The first-order valence-electron chi connectivity index (χ1n) is 5.79. The molecule has 1 aliphatic carbocycles. The summed E-state index contributed by atoms with van der Waals surface area (Å²) in [7, 11) is 0. The molecule has 3 heteroatoms. The molecule has 1 aliphatic rings. The number of aliphatic hydroxyl groups excluding tert-OH is 1. The molecular formula is C13H16BrFO.